The summed E-state index contributed by atoms with van der Waals surface area (Å²) >= 11 is 0. The molecule has 172 valence electrons. The summed E-state index contributed by atoms with van der Waals surface area (Å²) in [5, 5.41) is 22.7. The molecule has 4 aliphatic carbocycles. The molecule has 0 saturated heterocycles. The average molecular weight is 437 g/mol. The summed E-state index contributed by atoms with van der Waals surface area (Å²) in [6.45, 7) is 6.06. The third-order valence-electron chi connectivity index (χ3n) is 9.37. The lowest BCUT2D eigenvalue weighted by Gasteiger charge is -2.63. The Kier molecular flexibility index (Phi) is 5.06. The third-order valence-corrected chi connectivity index (χ3v) is 9.37. The zero-order valence-corrected chi connectivity index (χ0v) is 18.7. The topological polar surface area (TPSA) is 101 Å². The highest BCUT2D eigenvalue weighted by Crippen LogP contribution is 2.70. The first kappa shape index (κ1) is 22.6. The van der Waals surface area contributed by atoms with Gasteiger partial charge in [0.15, 0.2) is 12.4 Å². The summed E-state index contributed by atoms with van der Waals surface area (Å²) in [5.41, 5.74) is -4.90. The van der Waals surface area contributed by atoms with E-state index in [1.807, 2.05) is 6.92 Å². The van der Waals surface area contributed by atoms with Crippen LogP contribution in [-0.2, 0) is 19.1 Å². The van der Waals surface area contributed by atoms with Crippen molar-refractivity contribution in [3.05, 3.63) is 11.6 Å². The van der Waals surface area contributed by atoms with E-state index < -0.39 is 52.5 Å². The molecule has 3 saturated carbocycles. The Bertz CT molecular complexity index is 868. The number of rotatable bonds is 3. The largest absolute Gasteiger partial charge is 0.458 e. The summed E-state index contributed by atoms with van der Waals surface area (Å²) in [6.07, 6.45) is 2.15. The van der Waals surface area contributed by atoms with Crippen LogP contribution in [0.25, 0.3) is 0 Å². The second-order valence-corrected chi connectivity index (χ2v) is 10.8. The molecule has 0 spiro atoms. The predicted molar refractivity (Wildman–Crippen MR) is 110 cm³/mol. The fourth-order valence-electron chi connectivity index (χ4n) is 7.64. The Morgan fingerprint density at radius 2 is 1.90 bits per heavy atom. The number of ketones is 2. The number of allylic oxidation sites excluding steroid dienone is 1. The maximum Gasteiger partial charge on any atom is 0.303 e. The van der Waals surface area contributed by atoms with Crippen molar-refractivity contribution in [2.75, 3.05) is 6.61 Å². The van der Waals surface area contributed by atoms with Crippen molar-refractivity contribution in [3.63, 3.8) is 0 Å². The smallest absolute Gasteiger partial charge is 0.303 e. The van der Waals surface area contributed by atoms with Crippen LogP contribution in [0.2, 0.25) is 0 Å². The molecule has 7 heteroatoms. The second-order valence-electron chi connectivity index (χ2n) is 10.8. The van der Waals surface area contributed by atoms with Gasteiger partial charge in [-0.3, -0.25) is 14.4 Å². The van der Waals surface area contributed by atoms with Crippen LogP contribution in [0.15, 0.2) is 11.6 Å². The van der Waals surface area contributed by atoms with E-state index in [1.165, 1.54) is 6.92 Å². The van der Waals surface area contributed by atoms with E-state index in [0.717, 1.165) is 5.57 Å². The molecule has 4 rings (SSSR count). The van der Waals surface area contributed by atoms with Crippen LogP contribution >= 0.6 is 0 Å². The van der Waals surface area contributed by atoms with Gasteiger partial charge in [-0.1, -0.05) is 26.3 Å². The zero-order chi connectivity index (χ0) is 23.0. The van der Waals surface area contributed by atoms with E-state index in [2.05, 4.69) is 0 Å². The van der Waals surface area contributed by atoms with Crippen LogP contribution in [-0.4, -0.2) is 51.7 Å². The number of alkyl halides is 1. The summed E-state index contributed by atoms with van der Waals surface area (Å²) in [6, 6.07) is 0. The van der Waals surface area contributed by atoms with Crippen LogP contribution in [0, 0.1) is 28.6 Å². The number of Topliss-reactive ketones (excluding diaryl/α,β-unsaturated/α-hetero) is 1. The molecule has 0 amide bonds. The van der Waals surface area contributed by atoms with Gasteiger partial charge in [0.1, 0.15) is 11.3 Å². The van der Waals surface area contributed by atoms with Crippen LogP contribution in [0.3, 0.4) is 0 Å². The molecule has 0 aromatic rings. The lowest BCUT2D eigenvalue weighted by Crippen LogP contribution is -2.69. The van der Waals surface area contributed by atoms with E-state index in [4.69, 9.17) is 4.74 Å². The average Bonchev–Trinajstić information content (AvgIpc) is 2.94. The fourth-order valence-corrected chi connectivity index (χ4v) is 7.64. The molecule has 3 fully saturated rings. The predicted octanol–water partition coefficient (Wildman–Crippen LogP) is 2.69. The number of hydrogen-bond acceptors (Lipinski definition) is 6. The minimum atomic E-state index is -1.93. The van der Waals surface area contributed by atoms with Crippen LogP contribution in [0.4, 0.5) is 4.39 Å². The molecule has 0 radical (unpaired) electrons. The number of halogens is 1. The van der Waals surface area contributed by atoms with Gasteiger partial charge in [0.25, 0.3) is 0 Å². The van der Waals surface area contributed by atoms with Crippen molar-refractivity contribution in [1.29, 1.82) is 0 Å². The molecule has 4 aliphatic rings. The highest BCUT2D eigenvalue weighted by Gasteiger charge is 2.74. The number of fused-ring (bicyclic) bond motifs is 5. The van der Waals surface area contributed by atoms with Gasteiger partial charge in [0, 0.05) is 29.6 Å². The fraction of sp³-hybridized carbons (Fsp3) is 0.792. The quantitative estimate of drug-likeness (QED) is 0.660. The zero-order valence-electron chi connectivity index (χ0n) is 18.7. The van der Waals surface area contributed by atoms with Gasteiger partial charge < -0.3 is 14.9 Å². The summed E-state index contributed by atoms with van der Waals surface area (Å²) < 4.78 is 22.0. The molecule has 8 atom stereocenters. The Hall–Kier alpha value is -1.60. The van der Waals surface area contributed by atoms with Crippen molar-refractivity contribution in [2.24, 2.45) is 28.6 Å². The molecule has 0 aliphatic heterocycles. The first-order valence-corrected chi connectivity index (χ1v) is 11.3. The summed E-state index contributed by atoms with van der Waals surface area (Å²) in [5.74, 6) is -2.32. The number of aliphatic hydroxyl groups excluding tert-OH is 1. The first-order valence-electron chi connectivity index (χ1n) is 11.3. The van der Waals surface area contributed by atoms with Crippen LogP contribution < -0.4 is 0 Å². The lowest BCUT2D eigenvalue weighted by atomic mass is 9.43. The van der Waals surface area contributed by atoms with Crippen molar-refractivity contribution in [3.8, 4) is 0 Å². The van der Waals surface area contributed by atoms with E-state index in [1.54, 1.807) is 19.9 Å². The number of carbonyl (C=O) groups excluding carboxylic acids is 3. The van der Waals surface area contributed by atoms with Crippen molar-refractivity contribution in [2.45, 2.75) is 83.6 Å². The molecule has 6 nitrogen and oxygen atoms in total. The number of ether oxygens (including phenoxy) is 1. The number of carbonyl (C=O) groups is 3. The van der Waals surface area contributed by atoms with Crippen LogP contribution in [0.1, 0.15) is 66.2 Å². The monoisotopic (exact) mass is 436 g/mol. The Labute approximate surface area is 182 Å². The Morgan fingerprint density at radius 3 is 2.55 bits per heavy atom. The number of esters is 1. The van der Waals surface area contributed by atoms with Crippen LogP contribution in [0.5, 0.6) is 0 Å². The molecule has 0 heterocycles. The minimum Gasteiger partial charge on any atom is -0.458 e. The van der Waals surface area contributed by atoms with Gasteiger partial charge in [-0.05, 0) is 50.5 Å². The standard InChI is InChI=1S/C24H33FO6/c1-13-10-21(3)15(9-18(13)27)5-6-17-16-7-8-23(30,20(29)12-31-14(2)26)22(16,4)11-19(28)24(17,21)25/h9,13,16-17,19,28,30H,5-8,10-12H2,1-4H3/t13-,16+,17+,19-,21+,22+,23+,24+/m1/s1. The molecular weight excluding hydrogens is 403 g/mol. The van der Waals surface area contributed by atoms with E-state index in [9.17, 15) is 24.6 Å². The lowest BCUT2D eigenvalue weighted by molar-refractivity contribution is -0.228. The van der Waals surface area contributed by atoms with Crippen molar-refractivity contribution < 1.29 is 33.7 Å². The molecule has 31 heavy (non-hydrogen) atoms. The first-order chi connectivity index (χ1) is 14.3. The molecular formula is C24H33FO6. The number of hydrogen-bond donors (Lipinski definition) is 2. The van der Waals surface area contributed by atoms with Gasteiger partial charge in [-0.15, -0.1) is 0 Å². The van der Waals surface area contributed by atoms with Gasteiger partial charge in [-0.25, -0.2) is 4.39 Å². The van der Waals surface area contributed by atoms with Gasteiger partial charge in [0.2, 0.25) is 5.78 Å². The second kappa shape index (κ2) is 6.95. The maximum absolute atomic E-state index is 17.1. The SMILES string of the molecule is CC(=O)OCC(=O)[C@@]1(O)CC[C@H]2[C@@H]3CCC4=CC(=O)[C@H](C)C[C@]4(C)[C@@]3(F)[C@H](O)C[C@@]21C. The minimum absolute atomic E-state index is 0.0102. The molecule has 0 bridgehead atoms. The molecule has 0 aromatic heterocycles. The molecule has 0 unspecified atom stereocenters. The van der Waals surface area contributed by atoms with Gasteiger partial charge in [0.05, 0.1) is 6.10 Å². The Morgan fingerprint density at radius 1 is 1.23 bits per heavy atom. The van der Waals surface area contributed by atoms with Crippen molar-refractivity contribution in [1.82, 2.24) is 0 Å². The Balaban J connectivity index is 1.72. The number of aliphatic hydroxyl groups is 2. The molecule has 0 aromatic carbocycles. The highest BCUT2D eigenvalue weighted by atomic mass is 19.1. The van der Waals surface area contributed by atoms with Gasteiger partial charge >= 0.3 is 5.97 Å². The third kappa shape index (κ3) is 2.78. The highest BCUT2D eigenvalue weighted by molar-refractivity contribution is 5.93. The van der Waals surface area contributed by atoms with E-state index >= 15 is 4.39 Å². The molecule has 2 N–H and O–H groups in total. The van der Waals surface area contributed by atoms with Crippen molar-refractivity contribution >= 4 is 17.5 Å². The van der Waals surface area contributed by atoms with E-state index in [0.29, 0.717) is 25.7 Å². The normalized spacial score (nSPS) is 48.9. The van der Waals surface area contributed by atoms with E-state index in [-0.39, 0.29) is 30.5 Å². The van der Waals surface area contributed by atoms with Gasteiger partial charge in [-0.2, -0.15) is 0 Å². The summed E-state index contributed by atoms with van der Waals surface area (Å²) in [4.78, 5) is 36.3. The summed E-state index contributed by atoms with van der Waals surface area (Å²) in [7, 11) is 0. The maximum atomic E-state index is 17.1.